The Morgan fingerprint density at radius 3 is 1.67 bits per heavy atom. The van der Waals surface area contributed by atoms with Crippen LogP contribution in [0, 0.1) is 0 Å². The molecule has 0 rings (SSSR count). The Labute approximate surface area is 142 Å². The summed E-state index contributed by atoms with van der Waals surface area (Å²) in [4.78, 5) is 32.6. The fraction of sp³-hybridized carbons (Fsp3) is 0.812. The van der Waals surface area contributed by atoms with Crippen molar-refractivity contribution in [1.82, 2.24) is 0 Å². The maximum absolute atomic E-state index is 11.3. The molecule has 0 aliphatic rings. The third-order valence-electron chi connectivity index (χ3n) is 2.83. The molecule has 0 bridgehead atoms. The van der Waals surface area contributed by atoms with Crippen LogP contribution >= 0.6 is 0 Å². The fourth-order valence-corrected chi connectivity index (χ4v) is 1.64. The topological polar surface area (TPSA) is 108 Å². The Balaban J connectivity index is 3.23. The summed E-state index contributed by atoms with van der Waals surface area (Å²) in [6.07, 6.45) is 2.43. The van der Waals surface area contributed by atoms with Crippen molar-refractivity contribution in [1.29, 1.82) is 0 Å². The highest BCUT2D eigenvalue weighted by Gasteiger charge is 2.04. The normalized spacial score (nSPS) is 10.4. The van der Waals surface area contributed by atoms with Crippen LogP contribution in [0.4, 0.5) is 0 Å². The van der Waals surface area contributed by atoms with Crippen molar-refractivity contribution < 1.29 is 38.4 Å². The van der Waals surface area contributed by atoms with E-state index in [4.69, 9.17) is 24.1 Å². The lowest BCUT2D eigenvalue weighted by Gasteiger charge is -2.07. The van der Waals surface area contributed by atoms with Gasteiger partial charge >= 0.3 is 17.9 Å². The van der Waals surface area contributed by atoms with Gasteiger partial charge in [0.15, 0.2) is 0 Å². The molecule has 8 heteroatoms. The van der Waals surface area contributed by atoms with Crippen LogP contribution in [0.25, 0.3) is 0 Å². The molecular weight excluding hydrogens is 320 g/mol. The molecule has 0 atom stereocenters. The lowest BCUT2D eigenvalue weighted by Crippen LogP contribution is -2.15. The van der Waals surface area contributed by atoms with E-state index < -0.39 is 5.97 Å². The number of carboxylic acid groups (broad SMARTS) is 1. The van der Waals surface area contributed by atoms with E-state index in [2.05, 4.69) is 0 Å². The van der Waals surface area contributed by atoms with Crippen molar-refractivity contribution in [2.45, 2.75) is 45.4 Å². The molecule has 0 aromatic heterocycles. The van der Waals surface area contributed by atoms with Crippen molar-refractivity contribution in [2.75, 3.05) is 39.6 Å². The molecule has 8 nitrogen and oxygen atoms in total. The summed E-state index contributed by atoms with van der Waals surface area (Å²) in [6.45, 7) is 3.63. The number of ether oxygens (including phenoxy) is 4. The molecule has 0 aromatic rings. The van der Waals surface area contributed by atoms with E-state index in [1.807, 2.05) is 6.92 Å². The van der Waals surface area contributed by atoms with Gasteiger partial charge in [-0.05, 0) is 19.3 Å². The molecule has 0 spiro atoms. The van der Waals surface area contributed by atoms with Gasteiger partial charge in [-0.25, -0.2) is 0 Å². The van der Waals surface area contributed by atoms with Gasteiger partial charge in [0.2, 0.25) is 0 Å². The number of esters is 2. The van der Waals surface area contributed by atoms with Gasteiger partial charge < -0.3 is 24.1 Å². The number of carboxylic acids is 1. The highest BCUT2D eigenvalue weighted by molar-refractivity contribution is 5.70. The standard InChI is InChI=1S/C16H28O8/c1-2-5-15(19)23-12-10-21-8-9-22-11-13-24-16(20)7-4-3-6-14(17)18/h2-13H2,1H3,(H,17,18). The second-order valence-electron chi connectivity index (χ2n) is 5.02. The zero-order valence-corrected chi connectivity index (χ0v) is 14.3. The van der Waals surface area contributed by atoms with Crippen LogP contribution in [0.15, 0.2) is 0 Å². The Morgan fingerprint density at radius 2 is 1.17 bits per heavy atom. The number of hydrogen-bond donors (Lipinski definition) is 1. The first kappa shape index (κ1) is 22.3. The van der Waals surface area contributed by atoms with E-state index >= 15 is 0 Å². The lowest BCUT2D eigenvalue weighted by molar-refractivity contribution is -0.147. The quantitative estimate of drug-likeness (QED) is 0.331. The highest BCUT2D eigenvalue weighted by atomic mass is 16.6. The first-order valence-electron chi connectivity index (χ1n) is 8.24. The molecule has 1 N–H and O–H groups in total. The average Bonchev–Trinajstić information content (AvgIpc) is 2.53. The lowest BCUT2D eigenvalue weighted by atomic mass is 10.2. The van der Waals surface area contributed by atoms with Crippen molar-refractivity contribution in [3.8, 4) is 0 Å². The second kappa shape index (κ2) is 16.2. The van der Waals surface area contributed by atoms with Crippen molar-refractivity contribution >= 4 is 17.9 Å². The minimum atomic E-state index is -0.863. The van der Waals surface area contributed by atoms with E-state index in [0.29, 0.717) is 39.1 Å². The summed E-state index contributed by atoms with van der Waals surface area (Å²) in [6, 6.07) is 0. The van der Waals surface area contributed by atoms with Crippen molar-refractivity contribution in [3.05, 3.63) is 0 Å². The van der Waals surface area contributed by atoms with E-state index in [9.17, 15) is 14.4 Å². The first-order valence-corrected chi connectivity index (χ1v) is 8.24. The van der Waals surface area contributed by atoms with Crippen LogP contribution in [0.3, 0.4) is 0 Å². The molecule has 24 heavy (non-hydrogen) atoms. The van der Waals surface area contributed by atoms with Gasteiger partial charge in [0.25, 0.3) is 0 Å². The van der Waals surface area contributed by atoms with Gasteiger partial charge in [0.1, 0.15) is 13.2 Å². The van der Waals surface area contributed by atoms with Gasteiger partial charge in [-0.15, -0.1) is 0 Å². The summed E-state index contributed by atoms with van der Waals surface area (Å²) in [5.41, 5.74) is 0. The summed E-state index contributed by atoms with van der Waals surface area (Å²) in [5, 5.41) is 8.45. The zero-order chi connectivity index (χ0) is 18.0. The number of aliphatic carboxylic acids is 1. The number of unbranched alkanes of at least 4 members (excludes halogenated alkanes) is 1. The van der Waals surface area contributed by atoms with Gasteiger partial charge in [0.05, 0.1) is 26.4 Å². The SMILES string of the molecule is CCCC(=O)OCCOCCOCCOC(=O)CCCCC(=O)O. The fourth-order valence-electron chi connectivity index (χ4n) is 1.64. The van der Waals surface area contributed by atoms with Crippen LogP contribution in [-0.2, 0) is 33.3 Å². The Bertz CT molecular complexity index is 356. The van der Waals surface area contributed by atoms with Crippen LogP contribution < -0.4 is 0 Å². The van der Waals surface area contributed by atoms with E-state index in [-0.39, 0.29) is 44.6 Å². The molecule has 0 aromatic carbocycles. The Morgan fingerprint density at radius 1 is 0.708 bits per heavy atom. The molecule has 0 aliphatic carbocycles. The van der Waals surface area contributed by atoms with Gasteiger partial charge in [0, 0.05) is 19.3 Å². The summed E-state index contributed by atoms with van der Waals surface area (Å²) in [7, 11) is 0. The zero-order valence-electron chi connectivity index (χ0n) is 14.3. The molecule has 0 amide bonds. The van der Waals surface area contributed by atoms with Crippen molar-refractivity contribution in [3.63, 3.8) is 0 Å². The third-order valence-corrected chi connectivity index (χ3v) is 2.83. The number of hydrogen-bond acceptors (Lipinski definition) is 7. The molecule has 0 saturated heterocycles. The molecule has 0 saturated carbocycles. The maximum atomic E-state index is 11.3. The van der Waals surface area contributed by atoms with Crippen molar-refractivity contribution in [2.24, 2.45) is 0 Å². The number of carbonyl (C=O) groups excluding carboxylic acids is 2. The summed E-state index contributed by atoms with van der Waals surface area (Å²) < 4.78 is 20.3. The molecule has 0 radical (unpaired) electrons. The van der Waals surface area contributed by atoms with Crippen LogP contribution in [0.1, 0.15) is 45.4 Å². The first-order chi connectivity index (χ1) is 11.6. The number of rotatable bonds is 16. The van der Waals surface area contributed by atoms with Gasteiger partial charge in [-0.1, -0.05) is 6.92 Å². The molecule has 0 heterocycles. The molecular formula is C16H28O8. The smallest absolute Gasteiger partial charge is 0.305 e. The summed E-state index contributed by atoms with van der Waals surface area (Å²) in [5.74, 6) is -1.44. The van der Waals surface area contributed by atoms with E-state index in [1.165, 1.54) is 0 Å². The molecule has 0 aliphatic heterocycles. The predicted octanol–water partition coefficient (Wildman–Crippen LogP) is 1.55. The average molecular weight is 348 g/mol. The minimum Gasteiger partial charge on any atom is -0.481 e. The molecule has 0 fully saturated rings. The number of carbonyl (C=O) groups is 3. The van der Waals surface area contributed by atoms with Gasteiger partial charge in [-0.2, -0.15) is 0 Å². The third kappa shape index (κ3) is 16.7. The Kier molecular flexibility index (Phi) is 15.1. The van der Waals surface area contributed by atoms with E-state index in [1.54, 1.807) is 0 Å². The van der Waals surface area contributed by atoms with E-state index in [0.717, 1.165) is 6.42 Å². The van der Waals surface area contributed by atoms with Crippen LogP contribution in [0.5, 0.6) is 0 Å². The maximum Gasteiger partial charge on any atom is 0.305 e. The molecule has 140 valence electrons. The second-order valence-corrected chi connectivity index (χ2v) is 5.02. The predicted molar refractivity (Wildman–Crippen MR) is 84.6 cm³/mol. The summed E-state index contributed by atoms with van der Waals surface area (Å²) >= 11 is 0. The minimum absolute atomic E-state index is 0.0637. The largest absolute Gasteiger partial charge is 0.481 e. The van der Waals surface area contributed by atoms with Crippen LogP contribution in [-0.4, -0.2) is 62.7 Å². The monoisotopic (exact) mass is 348 g/mol. The van der Waals surface area contributed by atoms with Gasteiger partial charge in [-0.3, -0.25) is 14.4 Å². The van der Waals surface area contributed by atoms with Crippen LogP contribution in [0.2, 0.25) is 0 Å². The Hall–Kier alpha value is -1.67. The highest BCUT2D eigenvalue weighted by Crippen LogP contribution is 2.01. The molecule has 0 unspecified atom stereocenters.